The number of amides is 1. The van der Waals surface area contributed by atoms with Crippen molar-refractivity contribution >= 4 is 40.8 Å². The van der Waals surface area contributed by atoms with Crippen molar-refractivity contribution in [3.8, 4) is 0 Å². The average molecular weight is 302 g/mol. The molecule has 0 heterocycles. The number of carbonyl (C=O) groups excluding carboxylic acids is 1. The van der Waals surface area contributed by atoms with Gasteiger partial charge in [0, 0.05) is 0 Å². The van der Waals surface area contributed by atoms with Gasteiger partial charge in [0.2, 0.25) is 5.91 Å². The number of hydrogen-bond donors (Lipinski definition) is 2. The number of carboxylic acids is 1. The minimum absolute atomic E-state index is 0.322. The molecule has 1 aromatic rings. The Morgan fingerprint density at radius 3 is 2.16 bits per heavy atom. The molecule has 1 saturated carbocycles. The quantitative estimate of drug-likeness (QED) is 0.900. The lowest BCUT2D eigenvalue weighted by Gasteiger charge is -2.09. The summed E-state index contributed by atoms with van der Waals surface area (Å²) in [6.07, 6.45) is 0. The van der Waals surface area contributed by atoms with Crippen molar-refractivity contribution < 1.29 is 14.7 Å². The third-order valence-electron chi connectivity index (χ3n) is 3.59. The molecule has 0 spiro atoms. The van der Waals surface area contributed by atoms with Gasteiger partial charge in [-0.2, -0.15) is 0 Å². The van der Waals surface area contributed by atoms with E-state index >= 15 is 0 Å². The van der Waals surface area contributed by atoms with E-state index in [1.807, 2.05) is 0 Å². The molecule has 1 aromatic carbocycles. The molecule has 0 bridgehead atoms. The summed E-state index contributed by atoms with van der Waals surface area (Å²) in [4.78, 5) is 23.2. The van der Waals surface area contributed by atoms with Gasteiger partial charge < -0.3 is 10.4 Å². The number of nitrogens with one attached hydrogen (secondary N) is 1. The summed E-state index contributed by atoms with van der Waals surface area (Å²) in [5.41, 5.74) is -0.230. The van der Waals surface area contributed by atoms with Crippen molar-refractivity contribution in [3.63, 3.8) is 0 Å². The number of halogens is 2. The Kier molecular flexibility index (Phi) is 3.49. The summed E-state index contributed by atoms with van der Waals surface area (Å²) in [5.74, 6) is -2.58. The first-order valence-electron chi connectivity index (χ1n) is 5.74. The molecule has 2 rings (SSSR count). The molecule has 19 heavy (non-hydrogen) atoms. The van der Waals surface area contributed by atoms with Crippen LogP contribution in [-0.2, 0) is 9.59 Å². The first kappa shape index (κ1) is 14.2. The molecule has 2 N–H and O–H groups in total. The molecule has 0 saturated heterocycles. The molecule has 2 atom stereocenters. The van der Waals surface area contributed by atoms with Crippen LogP contribution in [0.2, 0.25) is 10.0 Å². The van der Waals surface area contributed by atoms with Crippen LogP contribution in [0.25, 0.3) is 0 Å². The van der Waals surface area contributed by atoms with Crippen LogP contribution >= 0.6 is 23.2 Å². The second kappa shape index (κ2) is 4.69. The highest BCUT2D eigenvalue weighted by molar-refractivity contribution is 6.39. The molecule has 0 aromatic heterocycles. The monoisotopic (exact) mass is 301 g/mol. The number of anilines is 1. The third-order valence-corrected chi connectivity index (χ3v) is 4.22. The molecular formula is C13H13Cl2NO3. The van der Waals surface area contributed by atoms with Gasteiger partial charge >= 0.3 is 5.97 Å². The van der Waals surface area contributed by atoms with Crippen LogP contribution < -0.4 is 5.32 Å². The first-order valence-corrected chi connectivity index (χ1v) is 6.50. The maximum atomic E-state index is 12.1. The lowest BCUT2D eigenvalue weighted by Crippen LogP contribution is -2.18. The van der Waals surface area contributed by atoms with Gasteiger partial charge in [-0.1, -0.05) is 43.1 Å². The minimum atomic E-state index is -0.963. The van der Waals surface area contributed by atoms with Gasteiger partial charge in [0.1, 0.15) is 0 Å². The molecule has 0 aliphatic heterocycles. The second-order valence-corrected chi connectivity index (χ2v) is 6.02. The smallest absolute Gasteiger partial charge is 0.307 e. The third kappa shape index (κ3) is 2.42. The Morgan fingerprint density at radius 2 is 1.74 bits per heavy atom. The molecule has 1 aliphatic rings. The zero-order valence-corrected chi connectivity index (χ0v) is 11.9. The predicted molar refractivity (Wildman–Crippen MR) is 73.5 cm³/mol. The number of hydrogen-bond acceptors (Lipinski definition) is 2. The van der Waals surface area contributed by atoms with E-state index in [0.29, 0.717) is 15.7 Å². The van der Waals surface area contributed by atoms with Crippen LogP contribution in [0.1, 0.15) is 13.8 Å². The largest absolute Gasteiger partial charge is 0.481 e. The molecule has 1 aliphatic carbocycles. The van der Waals surface area contributed by atoms with E-state index in [-0.39, 0.29) is 5.91 Å². The lowest BCUT2D eigenvalue weighted by atomic mass is 10.1. The molecule has 102 valence electrons. The topological polar surface area (TPSA) is 66.4 Å². The number of carboxylic acid groups (broad SMARTS) is 1. The summed E-state index contributed by atoms with van der Waals surface area (Å²) in [5, 5.41) is 12.3. The number of rotatable bonds is 3. The predicted octanol–water partition coefficient (Wildman–Crippen LogP) is 3.29. The Morgan fingerprint density at radius 1 is 1.21 bits per heavy atom. The summed E-state index contributed by atoms with van der Waals surface area (Å²) >= 11 is 11.9. The van der Waals surface area contributed by atoms with Crippen LogP contribution in [0.5, 0.6) is 0 Å². The van der Waals surface area contributed by atoms with E-state index in [2.05, 4.69) is 5.32 Å². The molecule has 1 amide bonds. The first-order chi connectivity index (χ1) is 8.76. The van der Waals surface area contributed by atoms with Crippen LogP contribution in [0.4, 0.5) is 5.69 Å². The van der Waals surface area contributed by atoms with Crippen LogP contribution in [-0.4, -0.2) is 17.0 Å². The van der Waals surface area contributed by atoms with E-state index in [4.69, 9.17) is 28.3 Å². The van der Waals surface area contributed by atoms with Crippen molar-refractivity contribution in [2.75, 3.05) is 5.32 Å². The van der Waals surface area contributed by atoms with Crippen LogP contribution in [0.15, 0.2) is 18.2 Å². The summed E-state index contributed by atoms with van der Waals surface area (Å²) in [7, 11) is 0. The molecular weight excluding hydrogens is 289 g/mol. The minimum Gasteiger partial charge on any atom is -0.481 e. The van der Waals surface area contributed by atoms with E-state index in [1.54, 1.807) is 32.0 Å². The Labute approximate surface area is 120 Å². The fourth-order valence-electron chi connectivity index (χ4n) is 2.41. The number of aliphatic carboxylic acids is 1. The standard InChI is InChI=1S/C13H13Cl2NO3/c1-13(2)8(9(13)12(18)19)11(17)16-10-6(14)4-3-5-7(10)15/h3-5,8-9H,1-2H3,(H,16,17)(H,18,19). The summed E-state index contributed by atoms with van der Waals surface area (Å²) < 4.78 is 0. The average Bonchev–Trinajstić information content (AvgIpc) is 2.87. The summed E-state index contributed by atoms with van der Waals surface area (Å²) in [6.45, 7) is 3.51. The van der Waals surface area contributed by atoms with Gasteiger partial charge in [0.05, 0.1) is 27.6 Å². The van der Waals surface area contributed by atoms with Crippen LogP contribution in [0, 0.1) is 17.3 Å². The van der Waals surface area contributed by atoms with E-state index in [1.165, 1.54) is 0 Å². The molecule has 0 radical (unpaired) electrons. The fourth-order valence-corrected chi connectivity index (χ4v) is 2.90. The van der Waals surface area contributed by atoms with Gasteiger partial charge in [-0.05, 0) is 17.5 Å². The van der Waals surface area contributed by atoms with E-state index in [0.717, 1.165) is 0 Å². The number of benzene rings is 1. The van der Waals surface area contributed by atoms with Gasteiger partial charge in [0.15, 0.2) is 0 Å². The Balaban J connectivity index is 2.18. The molecule has 2 unspecified atom stereocenters. The Bertz CT molecular complexity index is 537. The lowest BCUT2D eigenvalue weighted by molar-refractivity contribution is -0.140. The van der Waals surface area contributed by atoms with Gasteiger partial charge in [0.25, 0.3) is 0 Å². The fraction of sp³-hybridized carbons (Fsp3) is 0.385. The van der Waals surface area contributed by atoms with E-state index in [9.17, 15) is 9.59 Å². The SMILES string of the molecule is CC1(C)C(C(=O)O)C1C(=O)Nc1c(Cl)cccc1Cl. The van der Waals surface area contributed by atoms with Crippen molar-refractivity contribution in [2.45, 2.75) is 13.8 Å². The highest BCUT2D eigenvalue weighted by atomic mass is 35.5. The van der Waals surface area contributed by atoms with Gasteiger partial charge in [-0.25, -0.2) is 0 Å². The van der Waals surface area contributed by atoms with Crippen LogP contribution in [0.3, 0.4) is 0 Å². The summed E-state index contributed by atoms with van der Waals surface area (Å²) in [6, 6.07) is 4.88. The Hall–Kier alpha value is -1.26. The second-order valence-electron chi connectivity index (χ2n) is 5.20. The normalized spacial score (nSPS) is 23.8. The van der Waals surface area contributed by atoms with Crippen molar-refractivity contribution in [3.05, 3.63) is 28.2 Å². The van der Waals surface area contributed by atoms with Crippen molar-refractivity contribution in [1.29, 1.82) is 0 Å². The van der Waals surface area contributed by atoms with Gasteiger partial charge in [-0.3, -0.25) is 9.59 Å². The number of para-hydroxylation sites is 1. The number of carbonyl (C=O) groups is 2. The maximum Gasteiger partial charge on any atom is 0.307 e. The highest BCUT2D eigenvalue weighted by Gasteiger charge is 2.65. The zero-order chi connectivity index (χ0) is 14.4. The zero-order valence-electron chi connectivity index (χ0n) is 10.4. The maximum absolute atomic E-state index is 12.1. The molecule has 1 fully saturated rings. The van der Waals surface area contributed by atoms with Gasteiger partial charge in [-0.15, -0.1) is 0 Å². The van der Waals surface area contributed by atoms with Crippen molar-refractivity contribution in [1.82, 2.24) is 0 Å². The molecule has 6 heteroatoms. The van der Waals surface area contributed by atoms with Crippen molar-refractivity contribution in [2.24, 2.45) is 17.3 Å². The molecule has 4 nitrogen and oxygen atoms in total. The van der Waals surface area contributed by atoms with E-state index < -0.39 is 23.2 Å². The highest BCUT2D eigenvalue weighted by Crippen LogP contribution is 2.58.